The minimum atomic E-state index is -1.33. The molecule has 3 heterocycles. The fourth-order valence-corrected chi connectivity index (χ4v) is 8.38. The van der Waals surface area contributed by atoms with Gasteiger partial charge in [-0.1, -0.05) is 66.7 Å². The lowest BCUT2D eigenvalue weighted by Crippen LogP contribution is -2.36. The Morgan fingerprint density at radius 3 is 1.51 bits per heavy atom. The first-order valence-corrected chi connectivity index (χ1v) is 18.8. The number of aryl methyl sites for hydroxylation is 1. The van der Waals surface area contributed by atoms with Crippen LogP contribution >= 0.6 is 0 Å². The molecule has 7 aromatic carbocycles. The van der Waals surface area contributed by atoms with Crippen LogP contribution in [0.5, 0.6) is 57.5 Å². The molecule has 11 N–H and O–H groups in total. The average Bonchev–Trinajstić information content (AvgIpc) is 3.79. The van der Waals surface area contributed by atoms with E-state index in [1.807, 2.05) is 61.5 Å². The molecule has 0 fully saturated rings. The van der Waals surface area contributed by atoms with Gasteiger partial charge in [0, 0.05) is 32.9 Å². The van der Waals surface area contributed by atoms with E-state index in [4.69, 9.17) is 0 Å². The summed E-state index contributed by atoms with van der Waals surface area (Å²) in [5.74, 6) is -12.7. The number of aliphatic imine (C=N–C) groups is 2. The average molecular weight is 816 g/mol. The van der Waals surface area contributed by atoms with Crippen LogP contribution in [-0.2, 0) is 0 Å². The van der Waals surface area contributed by atoms with Crippen molar-refractivity contribution >= 4 is 55.3 Å². The van der Waals surface area contributed by atoms with Crippen LogP contribution < -0.4 is 5.32 Å². The molecule has 15 heteroatoms. The smallest absolute Gasteiger partial charge is 0.208 e. The predicted octanol–water partition coefficient (Wildman–Crippen LogP) is 7.74. The van der Waals surface area contributed by atoms with E-state index in [0.717, 1.165) is 60.5 Å². The molecule has 9 aromatic rings. The molecule has 1 aliphatic heterocycles. The number of para-hydroxylation sites is 3. The zero-order valence-electron chi connectivity index (χ0n) is 31.7. The third-order valence-corrected chi connectivity index (χ3v) is 11.2. The van der Waals surface area contributed by atoms with Gasteiger partial charge in [0.2, 0.25) is 34.5 Å². The first-order valence-electron chi connectivity index (χ1n) is 18.8. The second-order valence-electron chi connectivity index (χ2n) is 14.6. The number of aromatic hydroxyl groups is 10. The summed E-state index contributed by atoms with van der Waals surface area (Å²) in [6.07, 6.45) is -1.33. The zero-order chi connectivity index (χ0) is 42.6. The van der Waals surface area contributed by atoms with E-state index >= 15 is 0 Å². The van der Waals surface area contributed by atoms with E-state index < -0.39 is 86.5 Å². The Morgan fingerprint density at radius 2 is 0.951 bits per heavy atom. The van der Waals surface area contributed by atoms with E-state index in [-0.39, 0.29) is 0 Å². The van der Waals surface area contributed by atoms with Crippen LogP contribution in [0.4, 0.5) is 0 Å². The molecule has 2 aromatic heterocycles. The number of amidine groups is 2. The van der Waals surface area contributed by atoms with E-state index in [9.17, 15) is 51.1 Å². The molecule has 0 amide bonds. The van der Waals surface area contributed by atoms with Gasteiger partial charge in [-0.15, -0.1) is 0 Å². The van der Waals surface area contributed by atoms with Crippen molar-refractivity contribution in [2.75, 3.05) is 0 Å². The highest BCUT2D eigenvalue weighted by Crippen LogP contribution is 2.53. The molecule has 10 rings (SSSR count). The Bertz CT molecular complexity index is 3280. The molecule has 0 bridgehead atoms. The van der Waals surface area contributed by atoms with Gasteiger partial charge in [-0.05, 0) is 60.5 Å². The summed E-state index contributed by atoms with van der Waals surface area (Å²) in [5.41, 5.74) is 5.47. The highest BCUT2D eigenvalue weighted by atomic mass is 16.4. The molecule has 0 atom stereocenters. The number of hydrogen-bond donors (Lipinski definition) is 11. The Morgan fingerprint density at radius 1 is 0.459 bits per heavy atom. The van der Waals surface area contributed by atoms with Crippen molar-refractivity contribution in [3.8, 4) is 68.9 Å². The third-order valence-electron chi connectivity index (χ3n) is 11.2. The second kappa shape index (κ2) is 13.2. The molecule has 15 nitrogen and oxygen atoms in total. The van der Waals surface area contributed by atoms with Crippen molar-refractivity contribution in [3.63, 3.8) is 0 Å². The van der Waals surface area contributed by atoms with Crippen molar-refractivity contribution in [2.45, 2.75) is 13.1 Å². The number of fused-ring (bicyclic) bond motifs is 7. The summed E-state index contributed by atoms with van der Waals surface area (Å²) in [6.45, 7) is 1.89. The molecule has 0 unspecified atom stereocenters. The number of nitrogens with one attached hydrogen (secondary N) is 1. The summed E-state index contributed by atoms with van der Waals surface area (Å²) >= 11 is 0. The maximum Gasteiger partial charge on any atom is 0.208 e. The Labute approximate surface area is 343 Å². The third kappa shape index (κ3) is 5.16. The maximum atomic E-state index is 10.9. The molecule has 0 saturated carbocycles. The summed E-state index contributed by atoms with van der Waals surface area (Å²) < 4.78 is 4.45. The van der Waals surface area contributed by atoms with E-state index in [2.05, 4.69) is 66.9 Å². The normalized spacial score (nSPS) is 13.3. The predicted molar refractivity (Wildman–Crippen MR) is 228 cm³/mol. The largest absolute Gasteiger partial charge is 0.504 e. The highest BCUT2D eigenvalue weighted by Gasteiger charge is 2.34. The topological polar surface area (TPSA) is 249 Å². The minimum absolute atomic E-state index is 0.391. The molecule has 0 aliphatic carbocycles. The molecule has 302 valence electrons. The first-order chi connectivity index (χ1) is 29.4. The van der Waals surface area contributed by atoms with Gasteiger partial charge in [-0.2, -0.15) is 0 Å². The monoisotopic (exact) mass is 815 g/mol. The van der Waals surface area contributed by atoms with Gasteiger partial charge in [0.15, 0.2) is 29.2 Å². The molecular formula is C46H33N5O10. The van der Waals surface area contributed by atoms with Crippen LogP contribution in [0.25, 0.3) is 55.0 Å². The lowest BCUT2D eigenvalue weighted by Gasteiger charge is -2.25. The van der Waals surface area contributed by atoms with E-state index in [1.54, 1.807) is 12.1 Å². The van der Waals surface area contributed by atoms with Gasteiger partial charge in [0.05, 0.1) is 22.1 Å². The van der Waals surface area contributed by atoms with Crippen LogP contribution in [0, 0.1) is 6.92 Å². The Hall–Kier alpha value is -8.72. The molecule has 1 aliphatic rings. The van der Waals surface area contributed by atoms with Gasteiger partial charge in [0.25, 0.3) is 0 Å². The number of aromatic nitrogens is 2. The molecule has 61 heavy (non-hydrogen) atoms. The Kier molecular flexibility index (Phi) is 7.89. The summed E-state index contributed by atoms with van der Waals surface area (Å²) in [6, 6.07) is 36.2. The van der Waals surface area contributed by atoms with Crippen LogP contribution in [-0.4, -0.2) is 71.9 Å². The summed E-state index contributed by atoms with van der Waals surface area (Å²) in [5, 5.41) is 112. The van der Waals surface area contributed by atoms with E-state index in [0.29, 0.717) is 5.56 Å². The standard InChI is InChI=1S/C46H33N5O10/c1-20-19-21(44-47-45(31-34(52)38(56)42(60)39(57)35(31)53)49-46(48-44)32-36(54)40(58)43(61)41(59)37(32)55)15-17-26(20)51-27-13-7-5-11-23(27)24-16-18-29-30(33(24)51)25-12-6-8-14-28(25)50(29)22-9-3-2-4-10-22/h2-19,44,52-61H,1H3,(H,47,48,49). The number of phenolic OH excluding ortho intramolecular Hbond substituents is 10. The lowest BCUT2D eigenvalue weighted by molar-refractivity contribution is 0.327. The van der Waals surface area contributed by atoms with Gasteiger partial charge >= 0.3 is 0 Å². The number of phenols is 10. The second-order valence-corrected chi connectivity index (χ2v) is 14.6. The van der Waals surface area contributed by atoms with E-state index in [1.165, 1.54) is 0 Å². The van der Waals surface area contributed by atoms with Crippen LogP contribution in [0.3, 0.4) is 0 Å². The van der Waals surface area contributed by atoms with Crippen molar-refractivity contribution < 1.29 is 51.1 Å². The highest BCUT2D eigenvalue weighted by molar-refractivity contribution is 6.26. The fourth-order valence-electron chi connectivity index (χ4n) is 8.38. The summed E-state index contributed by atoms with van der Waals surface area (Å²) in [7, 11) is 0. The Balaban J connectivity index is 1.21. The minimum Gasteiger partial charge on any atom is -0.504 e. The van der Waals surface area contributed by atoms with Crippen LogP contribution in [0.1, 0.15) is 28.4 Å². The number of hydrogen-bond acceptors (Lipinski definition) is 13. The zero-order valence-corrected chi connectivity index (χ0v) is 31.7. The van der Waals surface area contributed by atoms with Gasteiger partial charge in [-0.25, -0.2) is 9.98 Å². The number of rotatable bonds is 5. The lowest BCUT2D eigenvalue weighted by atomic mass is 10.0. The quantitative estimate of drug-likeness (QED) is 0.0592. The van der Waals surface area contributed by atoms with Crippen molar-refractivity contribution in [3.05, 3.63) is 131 Å². The number of benzene rings is 7. The number of nitrogens with zero attached hydrogens (tertiary/aromatic N) is 4. The van der Waals surface area contributed by atoms with Gasteiger partial charge in [0.1, 0.15) is 22.8 Å². The first kappa shape index (κ1) is 36.6. The summed E-state index contributed by atoms with van der Waals surface area (Å²) in [4.78, 5) is 9.08. The molecule has 0 spiro atoms. The SMILES string of the molecule is Cc1cc(C2N=C(c3c(O)c(O)c(O)c(O)c3O)NC(c3c(O)c(O)c(O)c(O)c3O)=N2)ccc1-n1c2ccccc2c2ccc3c(c4ccccc4n3-c3ccccc3)c21. The van der Waals surface area contributed by atoms with Crippen molar-refractivity contribution in [1.29, 1.82) is 0 Å². The van der Waals surface area contributed by atoms with Gasteiger partial charge < -0.3 is 65.5 Å². The molecular weight excluding hydrogens is 783 g/mol. The van der Waals surface area contributed by atoms with Crippen LogP contribution in [0.15, 0.2) is 119 Å². The fraction of sp³-hybridized carbons (Fsp3) is 0.0435. The maximum absolute atomic E-state index is 10.9. The van der Waals surface area contributed by atoms with Gasteiger partial charge in [-0.3, -0.25) is 0 Å². The molecule has 0 radical (unpaired) electrons. The molecule has 0 saturated heterocycles. The van der Waals surface area contributed by atoms with Crippen molar-refractivity contribution in [2.24, 2.45) is 9.98 Å². The van der Waals surface area contributed by atoms with Crippen LogP contribution in [0.2, 0.25) is 0 Å². The van der Waals surface area contributed by atoms with Crippen molar-refractivity contribution in [1.82, 2.24) is 14.5 Å².